The van der Waals surface area contributed by atoms with Crippen LogP contribution in [0.15, 0.2) is 35.4 Å². The number of likely N-dealkylation sites (N-methyl/N-ethyl adjacent to an activating group) is 1. The van der Waals surface area contributed by atoms with E-state index in [4.69, 9.17) is 4.74 Å². The first-order valence-corrected chi connectivity index (χ1v) is 9.75. The molecule has 0 unspecified atom stereocenters. The number of para-hydroxylation sites is 1. The van der Waals surface area contributed by atoms with Crippen LogP contribution in [0.5, 0.6) is 5.75 Å². The van der Waals surface area contributed by atoms with Crippen molar-refractivity contribution in [3.05, 3.63) is 57.0 Å². The zero-order valence-corrected chi connectivity index (χ0v) is 16.2. The lowest BCUT2D eigenvalue weighted by Crippen LogP contribution is -2.33. The zero-order valence-electron chi connectivity index (χ0n) is 15.4. The van der Waals surface area contributed by atoms with E-state index in [0.717, 1.165) is 41.0 Å². The number of nitrogens with zero attached hydrogens (tertiary/aromatic N) is 3. The van der Waals surface area contributed by atoms with E-state index in [-0.39, 0.29) is 18.0 Å². The first-order valence-electron chi connectivity index (χ1n) is 8.94. The van der Waals surface area contributed by atoms with Crippen LogP contribution in [0, 0.1) is 0 Å². The number of carbonyl (C=O) groups is 1. The Kier molecular flexibility index (Phi) is 4.70. The summed E-state index contributed by atoms with van der Waals surface area (Å²) in [5.74, 6) is 0.599. The molecule has 1 amide bonds. The van der Waals surface area contributed by atoms with Gasteiger partial charge in [0, 0.05) is 24.0 Å². The van der Waals surface area contributed by atoms with E-state index >= 15 is 0 Å². The molecule has 27 heavy (non-hydrogen) atoms. The third-order valence-corrected chi connectivity index (χ3v) is 6.22. The number of hydrogen-bond acceptors (Lipinski definition) is 5. The normalized spacial score (nSPS) is 13.0. The molecule has 1 aliphatic carbocycles. The molecule has 0 atom stereocenters. The number of benzene rings is 1. The van der Waals surface area contributed by atoms with Gasteiger partial charge in [0.05, 0.1) is 18.8 Å². The molecule has 0 bridgehead atoms. The molecule has 1 aliphatic rings. The fourth-order valence-corrected chi connectivity index (χ4v) is 4.80. The number of ether oxygens (including phenoxy) is 1. The maximum absolute atomic E-state index is 12.9. The molecular formula is C20H21N3O3S. The summed E-state index contributed by atoms with van der Waals surface area (Å²) in [5, 5.41) is 0.704. The maximum Gasteiger partial charge on any atom is 0.262 e. The van der Waals surface area contributed by atoms with E-state index in [9.17, 15) is 9.59 Å². The quantitative estimate of drug-likeness (QED) is 0.679. The second-order valence-corrected chi connectivity index (χ2v) is 7.86. The zero-order chi connectivity index (χ0) is 19.0. The largest absolute Gasteiger partial charge is 0.496 e. The summed E-state index contributed by atoms with van der Waals surface area (Å²) in [7, 11) is 3.34. The highest BCUT2D eigenvalue weighted by Crippen LogP contribution is 2.34. The Labute approximate surface area is 161 Å². The second kappa shape index (κ2) is 7.15. The Morgan fingerprint density at radius 1 is 1.33 bits per heavy atom. The van der Waals surface area contributed by atoms with Gasteiger partial charge >= 0.3 is 0 Å². The first kappa shape index (κ1) is 17.7. The number of rotatable bonds is 5. The van der Waals surface area contributed by atoms with Gasteiger partial charge in [0.15, 0.2) is 0 Å². The Bertz CT molecular complexity index is 1070. The van der Waals surface area contributed by atoms with Crippen LogP contribution >= 0.6 is 11.3 Å². The van der Waals surface area contributed by atoms with Gasteiger partial charge < -0.3 is 9.64 Å². The van der Waals surface area contributed by atoms with Gasteiger partial charge in [-0.1, -0.05) is 18.2 Å². The average Bonchev–Trinajstić information content (AvgIpc) is 3.25. The molecule has 3 aromatic rings. The summed E-state index contributed by atoms with van der Waals surface area (Å²) in [6, 6.07) is 7.60. The van der Waals surface area contributed by atoms with Gasteiger partial charge in [0.1, 0.15) is 17.1 Å². The monoisotopic (exact) mass is 383 g/mol. The van der Waals surface area contributed by atoms with Crippen molar-refractivity contribution < 1.29 is 9.53 Å². The van der Waals surface area contributed by atoms with E-state index in [2.05, 4.69) is 4.98 Å². The molecule has 0 saturated heterocycles. The number of thiophene rings is 1. The lowest BCUT2D eigenvalue weighted by molar-refractivity contribution is -0.131. The lowest BCUT2D eigenvalue weighted by Gasteiger charge is -2.19. The minimum atomic E-state index is -0.143. The summed E-state index contributed by atoms with van der Waals surface area (Å²) in [5.41, 5.74) is 1.95. The smallest absolute Gasteiger partial charge is 0.262 e. The topological polar surface area (TPSA) is 64.4 Å². The van der Waals surface area contributed by atoms with Gasteiger partial charge in [0.2, 0.25) is 5.91 Å². The Morgan fingerprint density at radius 3 is 2.96 bits per heavy atom. The van der Waals surface area contributed by atoms with Crippen LogP contribution in [0.3, 0.4) is 0 Å². The highest BCUT2D eigenvalue weighted by molar-refractivity contribution is 7.18. The van der Waals surface area contributed by atoms with Crippen LogP contribution in [-0.4, -0.2) is 34.5 Å². The van der Waals surface area contributed by atoms with Gasteiger partial charge in [-0.2, -0.15) is 0 Å². The third kappa shape index (κ3) is 3.23. The summed E-state index contributed by atoms with van der Waals surface area (Å²) in [6.07, 6.45) is 4.53. The molecule has 0 aliphatic heterocycles. The lowest BCUT2D eigenvalue weighted by atomic mass is 10.2. The number of fused-ring (bicyclic) bond motifs is 3. The van der Waals surface area contributed by atoms with Crippen molar-refractivity contribution in [2.45, 2.75) is 32.4 Å². The molecule has 0 N–H and O–H groups in total. The fourth-order valence-electron chi connectivity index (χ4n) is 3.58. The van der Waals surface area contributed by atoms with Crippen molar-refractivity contribution in [2.24, 2.45) is 0 Å². The SMILES string of the molecule is COc1ccccc1CN(C)C(=O)Cn1cnc2sc3c(c2c1=O)CCC3. The van der Waals surface area contributed by atoms with Crippen LogP contribution in [-0.2, 0) is 30.7 Å². The minimum Gasteiger partial charge on any atom is -0.496 e. The molecule has 4 rings (SSSR count). The van der Waals surface area contributed by atoms with Gasteiger partial charge in [-0.05, 0) is 30.9 Å². The van der Waals surface area contributed by atoms with Crippen LogP contribution in [0.2, 0.25) is 0 Å². The minimum absolute atomic E-state index is 0.0158. The number of aromatic nitrogens is 2. The number of amides is 1. The molecule has 2 heterocycles. The summed E-state index contributed by atoms with van der Waals surface area (Å²) in [6.45, 7) is 0.402. The van der Waals surface area contributed by atoms with Crippen LogP contribution in [0.1, 0.15) is 22.4 Å². The third-order valence-electron chi connectivity index (χ3n) is 5.02. The first-order chi connectivity index (χ1) is 13.1. The Hall–Kier alpha value is -2.67. The molecule has 140 valence electrons. The number of carbonyl (C=O) groups excluding carboxylic acids is 1. The molecule has 2 aromatic heterocycles. The van der Waals surface area contributed by atoms with Crippen LogP contribution in [0.25, 0.3) is 10.2 Å². The highest BCUT2D eigenvalue weighted by atomic mass is 32.1. The highest BCUT2D eigenvalue weighted by Gasteiger charge is 2.22. The van der Waals surface area contributed by atoms with Crippen molar-refractivity contribution >= 4 is 27.5 Å². The van der Waals surface area contributed by atoms with Crippen molar-refractivity contribution in [1.82, 2.24) is 14.5 Å². The van der Waals surface area contributed by atoms with E-state index < -0.39 is 0 Å². The predicted molar refractivity (Wildman–Crippen MR) is 105 cm³/mol. The van der Waals surface area contributed by atoms with Gasteiger partial charge in [-0.25, -0.2) is 4.98 Å². The van der Waals surface area contributed by atoms with Gasteiger partial charge in [-0.15, -0.1) is 11.3 Å². The van der Waals surface area contributed by atoms with Crippen LogP contribution < -0.4 is 10.3 Å². The maximum atomic E-state index is 12.9. The van der Waals surface area contributed by atoms with Crippen molar-refractivity contribution in [1.29, 1.82) is 0 Å². The summed E-state index contributed by atoms with van der Waals surface area (Å²) >= 11 is 1.61. The van der Waals surface area contributed by atoms with Gasteiger partial charge in [-0.3, -0.25) is 14.2 Å². The summed E-state index contributed by atoms with van der Waals surface area (Å²) in [4.78, 5) is 33.7. The molecule has 6 nitrogen and oxygen atoms in total. The number of aryl methyl sites for hydroxylation is 2. The molecule has 0 radical (unpaired) electrons. The average molecular weight is 383 g/mol. The van der Waals surface area contributed by atoms with E-state index in [1.54, 1.807) is 30.4 Å². The van der Waals surface area contributed by atoms with Crippen molar-refractivity contribution in [3.63, 3.8) is 0 Å². The standard InChI is InChI=1S/C20H21N3O3S/c1-22(10-13-6-3-4-8-15(13)26-2)17(24)11-23-12-21-19-18(20(23)25)14-7-5-9-16(14)27-19/h3-4,6,8,12H,5,7,9-11H2,1-2H3. The Morgan fingerprint density at radius 2 is 2.15 bits per heavy atom. The molecule has 7 heteroatoms. The van der Waals surface area contributed by atoms with Crippen molar-refractivity contribution in [2.75, 3.05) is 14.2 Å². The van der Waals surface area contributed by atoms with Crippen LogP contribution in [0.4, 0.5) is 0 Å². The van der Waals surface area contributed by atoms with E-state index in [0.29, 0.717) is 11.9 Å². The van der Waals surface area contributed by atoms with E-state index in [1.807, 2.05) is 24.3 Å². The van der Waals surface area contributed by atoms with Gasteiger partial charge in [0.25, 0.3) is 5.56 Å². The molecule has 0 saturated carbocycles. The summed E-state index contributed by atoms with van der Waals surface area (Å²) < 4.78 is 6.77. The molecule has 0 spiro atoms. The Balaban J connectivity index is 1.56. The van der Waals surface area contributed by atoms with E-state index in [1.165, 1.54) is 15.8 Å². The number of hydrogen-bond donors (Lipinski definition) is 0. The second-order valence-electron chi connectivity index (χ2n) is 6.78. The van der Waals surface area contributed by atoms with Crippen molar-refractivity contribution in [3.8, 4) is 5.75 Å². The number of methoxy groups -OCH3 is 1. The molecule has 0 fully saturated rings. The predicted octanol–water partition coefficient (Wildman–Crippen LogP) is 2.61. The molecular weight excluding hydrogens is 362 g/mol. The fraction of sp³-hybridized carbons (Fsp3) is 0.350. The molecule has 1 aromatic carbocycles.